The SMILES string of the molecule is c1ccc(-c2ccc(-c3nc(-c4ccccc4)nc(-c4ccc(-n5c6ccccc6c6ccc(-c7cccc8c7sc7ccccc78)cc65)cc4)n3)cc2)cc1. The molecule has 0 saturated heterocycles. The number of hydrogen-bond donors (Lipinski definition) is 0. The quantitative estimate of drug-likeness (QED) is 0.171. The molecule has 0 N–H and O–H groups in total. The Kier molecular flexibility index (Phi) is 7.64. The third-order valence-electron chi connectivity index (χ3n) is 10.7. The molecule has 262 valence electrons. The first kappa shape index (κ1) is 32.2. The molecular formula is C51H32N4S. The van der Waals surface area contributed by atoms with Crippen LogP contribution in [-0.4, -0.2) is 19.5 Å². The highest BCUT2D eigenvalue weighted by Crippen LogP contribution is 2.42. The monoisotopic (exact) mass is 732 g/mol. The van der Waals surface area contributed by atoms with Crippen LogP contribution in [0.3, 0.4) is 0 Å². The van der Waals surface area contributed by atoms with Crippen LogP contribution >= 0.6 is 11.3 Å². The van der Waals surface area contributed by atoms with Gasteiger partial charge in [0.25, 0.3) is 0 Å². The molecule has 0 fully saturated rings. The Morgan fingerprint density at radius 3 is 1.55 bits per heavy atom. The molecule has 11 aromatic rings. The third-order valence-corrected chi connectivity index (χ3v) is 11.9. The largest absolute Gasteiger partial charge is 0.309 e. The van der Waals surface area contributed by atoms with Crippen LogP contribution in [0.1, 0.15) is 0 Å². The van der Waals surface area contributed by atoms with Gasteiger partial charge in [0.15, 0.2) is 17.5 Å². The first-order chi connectivity index (χ1) is 27.7. The van der Waals surface area contributed by atoms with Crippen molar-refractivity contribution in [3.8, 4) is 62.1 Å². The van der Waals surface area contributed by atoms with Crippen molar-refractivity contribution in [2.45, 2.75) is 0 Å². The summed E-state index contributed by atoms with van der Waals surface area (Å²) in [5, 5.41) is 5.07. The number of nitrogens with zero attached hydrogens (tertiary/aromatic N) is 4. The zero-order valence-electron chi connectivity index (χ0n) is 30.2. The molecular weight excluding hydrogens is 701 g/mol. The van der Waals surface area contributed by atoms with Gasteiger partial charge in [-0.2, -0.15) is 0 Å². The van der Waals surface area contributed by atoms with Crippen LogP contribution in [0.4, 0.5) is 0 Å². The van der Waals surface area contributed by atoms with E-state index in [1.807, 2.05) is 47.7 Å². The molecule has 11 rings (SSSR count). The van der Waals surface area contributed by atoms with E-state index >= 15 is 0 Å². The summed E-state index contributed by atoms with van der Waals surface area (Å²) < 4.78 is 5.01. The predicted molar refractivity (Wildman–Crippen MR) is 234 cm³/mol. The lowest BCUT2D eigenvalue weighted by molar-refractivity contribution is 1.07. The molecule has 5 heteroatoms. The Balaban J connectivity index is 1.02. The normalized spacial score (nSPS) is 11.6. The summed E-state index contributed by atoms with van der Waals surface area (Å²) in [6.45, 7) is 0. The standard InChI is InChI=1S/C51H32N4S/c1-3-12-33(13-4-1)34-22-24-36(25-23-34)50-52-49(35-14-5-2-6-15-35)53-51(54-50)37-26-29-39(30-27-37)55-45-20-9-7-16-41(45)42-31-28-38(32-46(42)55)40-18-11-19-44-43-17-8-10-21-47(43)56-48(40)44/h1-32H. The van der Waals surface area contributed by atoms with Crippen LogP contribution in [0.2, 0.25) is 0 Å². The molecule has 0 saturated carbocycles. The van der Waals surface area contributed by atoms with E-state index in [9.17, 15) is 0 Å². The minimum atomic E-state index is 0.633. The molecule has 3 aromatic heterocycles. The maximum Gasteiger partial charge on any atom is 0.164 e. The zero-order chi connectivity index (χ0) is 37.0. The zero-order valence-corrected chi connectivity index (χ0v) is 31.0. The van der Waals surface area contributed by atoms with Gasteiger partial charge in [0.1, 0.15) is 0 Å². The molecule has 56 heavy (non-hydrogen) atoms. The van der Waals surface area contributed by atoms with Gasteiger partial charge in [-0.15, -0.1) is 11.3 Å². The first-order valence-electron chi connectivity index (χ1n) is 18.8. The predicted octanol–water partition coefficient (Wildman–Crippen LogP) is 13.7. The minimum absolute atomic E-state index is 0.633. The van der Waals surface area contributed by atoms with Crippen LogP contribution in [0.5, 0.6) is 0 Å². The van der Waals surface area contributed by atoms with Crippen molar-refractivity contribution in [1.82, 2.24) is 19.5 Å². The van der Waals surface area contributed by atoms with Crippen LogP contribution in [0, 0.1) is 0 Å². The second-order valence-electron chi connectivity index (χ2n) is 14.0. The van der Waals surface area contributed by atoms with Crippen LogP contribution < -0.4 is 0 Å². The van der Waals surface area contributed by atoms with Gasteiger partial charge in [-0.25, -0.2) is 15.0 Å². The van der Waals surface area contributed by atoms with Crippen molar-refractivity contribution >= 4 is 53.3 Å². The highest BCUT2D eigenvalue weighted by Gasteiger charge is 2.17. The number of fused-ring (bicyclic) bond motifs is 6. The fourth-order valence-corrected chi connectivity index (χ4v) is 9.18. The summed E-state index contributed by atoms with van der Waals surface area (Å²) in [4.78, 5) is 15.0. The smallest absolute Gasteiger partial charge is 0.164 e. The number of para-hydroxylation sites is 1. The maximum absolute atomic E-state index is 5.05. The van der Waals surface area contributed by atoms with Crippen LogP contribution in [0.25, 0.3) is 104 Å². The van der Waals surface area contributed by atoms with Crippen molar-refractivity contribution in [2.24, 2.45) is 0 Å². The third kappa shape index (κ3) is 5.48. The highest BCUT2D eigenvalue weighted by atomic mass is 32.1. The number of rotatable bonds is 6. The molecule has 0 aliphatic carbocycles. The fraction of sp³-hybridized carbons (Fsp3) is 0. The van der Waals surface area contributed by atoms with Gasteiger partial charge in [-0.1, -0.05) is 152 Å². The molecule has 8 aromatic carbocycles. The minimum Gasteiger partial charge on any atom is -0.309 e. The topological polar surface area (TPSA) is 43.6 Å². The van der Waals surface area contributed by atoms with Gasteiger partial charge in [0.2, 0.25) is 0 Å². The summed E-state index contributed by atoms with van der Waals surface area (Å²) in [6.07, 6.45) is 0. The molecule has 0 bridgehead atoms. The maximum atomic E-state index is 5.05. The van der Waals surface area contributed by atoms with E-state index in [2.05, 4.69) is 162 Å². The lowest BCUT2D eigenvalue weighted by Crippen LogP contribution is -2.00. The average molecular weight is 733 g/mol. The van der Waals surface area contributed by atoms with E-state index in [1.165, 1.54) is 58.7 Å². The molecule has 0 aliphatic rings. The summed E-state index contributed by atoms with van der Waals surface area (Å²) in [6, 6.07) is 68.6. The van der Waals surface area contributed by atoms with Crippen molar-refractivity contribution in [3.63, 3.8) is 0 Å². The van der Waals surface area contributed by atoms with E-state index < -0.39 is 0 Å². The van der Waals surface area contributed by atoms with Gasteiger partial charge in [-0.3, -0.25) is 0 Å². The average Bonchev–Trinajstić information content (AvgIpc) is 3.83. The van der Waals surface area contributed by atoms with E-state index in [4.69, 9.17) is 15.0 Å². The molecule has 0 amide bonds. The van der Waals surface area contributed by atoms with Gasteiger partial charge in [0.05, 0.1) is 11.0 Å². The lowest BCUT2D eigenvalue weighted by atomic mass is 10.0. The van der Waals surface area contributed by atoms with Crippen LogP contribution in [-0.2, 0) is 0 Å². The first-order valence-corrected chi connectivity index (χ1v) is 19.6. The second kappa shape index (κ2) is 13.3. The molecule has 0 radical (unpaired) electrons. The summed E-state index contributed by atoms with van der Waals surface area (Å²) in [5.41, 5.74) is 11.0. The van der Waals surface area contributed by atoms with Crippen molar-refractivity contribution in [3.05, 3.63) is 194 Å². The Morgan fingerprint density at radius 1 is 0.339 bits per heavy atom. The Hall–Kier alpha value is -7.21. The van der Waals surface area contributed by atoms with Gasteiger partial charge in [0, 0.05) is 53.3 Å². The van der Waals surface area contributed by atoms with Gasteiger partial charge in [-0.05, 0) is 64.7 Å². The van der Waals surface area contributed by atoms with Crippen LogP contribution in [0.15, 0.2) is 194 Å². The summed E-state index contributed by atoms with van der Waals surface area (Å²) in [5.74, 6) is 1.92. The number of benzene rings is 8. The number of aromatic nitrogens is 4. The molecule has 0 aliphatic heterocycles. The van der Waals surface area contributed by atoms with E-state index in [0.717, 1.165) is 27.9 Å². The molecule has 4 nitrogen and oxygen atoms in total. The lowest BCUT2D eigenvalue weighted by Gasteiger charge is -2.12. The summed E-state index contributed by atoms with van der Waals surface area (Å²) >= 11 is 1.87. The molecule has 0 spiro atoms. The van der Waals surface area contributed by atoms with Gasteiger partial charge >= 0.3 is 0 Å². The van der Waals surface area contributed by atoms with Crippen molar-refractivity contribution < 1.29 is 0 Å². The van der Waals surface area contributed by atoms with E-state index in [-0.39, 0.29) is 0 Å². The highest BCUT2D eigenvalue weighted by molar-refractivity contribution is 7.26. The molecule has 0 unspecified atom stereocenters. The molecule has 3 heterocycles. The Bertz CT molecular complexity index is 3220. The second-order valence-corrected chi connectivity index (χ2v) is 15.1. The fourth-order valence-electron chi connectivity index (χ4n) is 7.94. The van der Waals surface area contributed by atoms with Crippen molar-refractivity contribution in [2.75, 3.05) is 0 Å². The van der Waals surface area contributed by atoms with Crippen molar-refractivity contribution in [1.29, 1.82) is 0 Å². The van der Waals surface area contributed by atoms with E-state index in [1.54, 1.807) is 0 Å². The summed E-state index contributed by atoms with van der Waals surface area (Å²) in [7, 11) is 0. The van der Waals surface area contributed by atoms with E-state index in [0.29, 0.717) is 17.5 Å². The number of hydrogen-bond acceptors (Lipinski definition) is 4. The number of thiophene rings is 1. The van der Waals surface area contributed by atoms with Gasteiger partial charge < -0.3 is 4.57 Å². The Labute approximate surface area is 327 Å². The Morgan fingerprint density at radius 2 is 0.839 bits per heavy atom. The molecule has 0 atom stereocenters.